The molecule has 2 rings (SSSR count). The van der Waals surface area contributed by atoms with Crippen molar-refractivity contribution in [1.82, 2.24) is 10.8 Å². The normalized spacial score (nSPS) is 42.4. The van der Waals surface area contributed by atoms with E-state index in [1.54, 1.807) is 0 Å². The van der Waals surface area contributed by atoms with Gasteiger partial charge in [-0.05, 0) is 15.9 Å². The molecule has 7 heteroatoms. The number of halogens is 2. The SMILES string of the molecule is [2H]N1C2=C(Br)C(F)=C([N+](=O)[O-])CC2([2H])C([2H])([2H])N1[2H]. The molecule has 14 heavy (non-hydrogen) atoms. The highest BCUT2D eigenvalue weighted by molar-refractivity contribution is 9.12. The second-order valence-corrected chi connectivity index (χ2v) is 3.44. The number of nitro groups is 1. The predicted molar refractivity (Wildman–Crippen MR) is 50.3 cm³/mol. The van der Waals surface area contributed by atoms with Crippen molar-refractivity contribution in [2.75, 3.05) is 6.50 Å². The van der Waals surface area contributed by atoms with Crippen molar-refractivity contribution in [1.29, 1.82) is 0 Å². The van der Waals surface area contributed by atoms with Gasteiger partial charge in [0.1, 0.15) is 1.41 Å². The molecular formula is C7H7BrFN3O2. The fourth-order valence-electron chi connectivity index (χ4n) is 1.17. The Kier molecular flexibility index (Phi) is 1.24. The summed E-state index contributed by atoms with van der Waals surface area (Å²) in [7, 11) is 0. The van der Waals surface area contributed by atoms with Crippen LogP contribution in [0, 0.1) is 16.0 Å². The molecular weight excluding hydrogens is 257 g/mol. The minimum atomic E-state index is -2.70. The van der Waals surface area contributed by atoms with Crippen LogP contribution in [-0.4, -0.2) is 11.4 Å². The number of fused-ring (bicyclic) bond motifs is 1. The number of hydrogen-bond acceptors (Lipinski definition) is 4. The lowest BCUT2D eigenvalue weighted by Gasteiger charge is -2.15. The van der Waals surface area contributed by atoms with E-state index in [0.717, 1.165) is 0 Å². The number of allylic oxidation sites excluding steroid dienone is 3. The van der Waals surface area contributed by atoms with E-state index in [2.05, 4.69) is 15.9 Å². The van der Waals surface area contributed by atoms with Crippen molar-refractivity contribution in [3.05, 3.63) is 31.8 Å². The monoisotopic (exact) mass is 268 g/mol. The zero-order valence-electron chi connectivity index (χ0n) is 11.6. The maximum Gasteiger partial charge on any atom is 0.283 e. The Hall–Kier alpha value is -0.950. The molecule has 1 fully saturated rings. The maximum absolute atomic E-state index is 13.8. The van der Waals surface area contributed by atoms with Crippen molar-refractivity contribution in [2.24, 2.45) is 5.89 Å². The van der Waals surface area contributed by atoms with Crippen LogP contribution < -0.4 is 10.8 Å². The highest BCUT2D eigenvalue weighted by atomic mass is 79.9. The van der Waals surface area contributed by atoms with E-state index >= 15 is 0 Å². The van der Waals surface area contributed by atoms with Gasteiger partial charge in [-0.1, -0.05) is 0 Å². The Balaban J connectivity index is 2.71. The molecule has 1 heterocycles. The third-order valence-corrected chi connectivity index (χ3v) is 2.56. The van der Waals surface area contributed by atoms with E-state index in [-0.39, 0.29) is 10.8 Å². The van der Waals surface area contributed by atoms with Crippen molar-refractivity contribution < 1.29 is 16.2 Å². The molecule has 1 aliphatic carbocycles. The average molecular weight is 269 g/mol. The van der Waals surface area contributed by atoms with Gasteiger partial charge in [0.05, 0.1) is 15.8 Å². The molecule has 0 aromatic carbocycles. The minimum absolute atomic E-state index is 0.0484. The fourth-order valence-corrected chi connectivity index (χ4v) is 1.72. The smallest absolute Gasteiger partial charge is 0.283 e. The molecule has 0 bridgehead atoms. The molecule has 1 aliphatic heterocycles. The molecule has 0 radical (unpaired) electrons. The Morgan fingerprint density at radius 1 is 1.93 bits per heavy atom. The second kappa shape index (κ2) is 3.32. The molecule has 0 aromatic rings. The molecule has 1 atom stereocenters. The summed E-state index contributed by atoms with van der Waals surface area (Å²) in [6, 6.07) is 0. The van der Waals surface area contributed by atoms with E-state index < -0.39 is 45.4 Å². The minimum Gasteiger partial charge on any atom is -0.324 e. The van der Waals surface area contributed by atoms with Gasteiger partial charge >= 0.3 is 0 Å². The van der Waals surface area contributed by atoms with Gasteiger partial charge in [-0.15, -0.1) is 0 Å². The number of hydrogen-bond donors (Lipinski definition) is 2. The lowest BCUT2D eigenvalue weighted by atomic mass is 9.96. The van der Waals surface area contributed by atoms with E-state index in [1.165, 1.54) is 0 Å². The molecule has 0 aromatic heterocycles. The van der Waals surface area contributed by atoms with Crippen LogP contribution in [0.2, 0.25) is 2.82 Å². The van der Waals surface area contributed by atoms with Gasteiger partial charge in [-0.3, -0.25) is 10.1 Å². The van der Waals surface area contributed by atoms with Crippen molar-refractivity contribution in [2.45, 2.75) is 6.42 Å². The lowest BCUT2D eigenvalue weighted by Crippen LogP contribution is -2.21. The largest absolute Gasteiger partial charge is 0.324 e. The topological polar surface area (TPSA) is 67.2 Å². The first-order valence-electron chi connectivity index (χ1n) is 5.97. The fraction of sp³-hybridized carbons (Fsp3) is 0.429. The van der Waals surface area contributed by atoms with Crippen molar-refractivity contribution in [3.63, 3.8) is 0 Å². The van der Waals surface area contributed by atoms with E-state index in [9.17, 15) is 14.5 Å². The van der Waals surface area contributed by atoms with Gasteiger partial charge in [0.2, 0.25) is 5.83 Å². The quantitative estimate of drug-likeness (QED) is 0.554. The van der Waals surface area contributed by atoms with Crippen LogP contribution in [0.4, 0.5) is 4.39 Å². The third-order valence-electron chi connectivity index (χ3n) is 1.84. The Bertz CT molecular complexity index is 541. The van der Waals surface area contributed by atoms with Gasteiger partial charge in [0.25, 0.3) is 5.70 Å². The number of nitrogens with one attached hydrogen (secondary N) is 2. The zero-order valence-corrected chi connectivity index (χ0v) is 8.21. The van der Waals surface area contributed by atoms with Gasteiger partial charge in [0, 0.05) is 22.2 Å². The Labute approximate surface area is 94.4 Å². The van der Waals surface area contributed by atoms with Gasteiger partial charge in [0.15, 0.2) is 1.41 Å². The first-order valence-corrected chi connectivity index (χ1v) is 4.36. The molecule has 0 amide bonds. The average Bonchev–Trinajstić information content (AvgIpc) is 2.43. The van der Waals surface area contributed by atoms with Crippen LogP contribution >= 0.6 is 15.9 Å². The molecule has 5 nitrogen and oxygen atoms in total. The highest BCUT2D eigenvalue weighted by Crippen LogP contribution is 2.38. The van der Waals surface area contributed by atoms with Crippen LogP contribution in [0.1, 0.15) is 10.5 Å². The van der Waals surface area contributed by atoms with Crippen LogP contribution in [0.15, 0.2) is 21.7 Å². The summed E-state index contributed by atoms with van der Waals surface area (Å²) in [4.78, 5) is 9.73. The predicted octanol–water partition coefficient (Wildman–Crippen LogP) is 1.18. The van der Waals surface area contributed by atoms with Gasteiger partial charge in [-0.2, -0.15) is 4.39 Å². The third kappa shape index (κ3) is 1.32. The summed E-state index contributed by atoms with van der Waals surface area (Å²) in [6.45, 7) is -2.70. The lowest BCUT2D eigenvalue weighted by molar-refractivity contribution is -0.431. The maximum atomic E-state index is 13.8. The van der Waals surface area contributed by atoms with E-state index in [0.29, 0.717) is 0 Å². The highest BCUT2D eigenvalue weighted by Gasteiger charge is 2.37. The number of nitrogens with zero attached hydrogens (tertiary/aromatic N) is 1. The molecule has 0 saturated carbocycles. The summed E-state index contributed by atoms with van der Waals surface area (Å²) < 4.78 is 51.5. The standard InChI is InChI=1S/C7H7BrFN3O2/c8-5-6(9)4(12(13)14)1-3-2-10-11-7(3)5/h3,10-11H,1-2H2/i2D2,3D/hD2. The summed E-state index contributed by atoms with van der Waals surface area (Å²) >= 11 is 2.71. The summed E-state index contributed by atoms with van der Waals surface area (Å²) in [5.41, 5.74) is -1.16. The molecule has 1 saturated heterocycles. The molecule has 2 N–H and O–H groups in total. The van der Waals surface area contributed by atoms with Crippen LogP contribution in [0.3, 0.4) is 0 Å². The summed E-state index contributed by atoms with van der Waals surface area (Å²) in [5, 5.41) is 10.8. The van der Waals surface area contributed by atoms with Crippen molar-refractivity contribution >= 4 is 15.9 Å². The van der Waals surface area contributed by atoms with Crippen LogP contribution in [0.5, 0.6) is 0 Å². The Morgan fingerprint density at radius 3 is 3.29 bits per heavy atom. The van der Waals surface area contributed by atoms with Gasteiger partial charge < -0.3 is 5.42 Å². The zero-order chi connectivity index (χ0) is 14.7. The first-order chi connectivity index (χ1) is 8.55. The van der Waals surface area contributed by atoms with Crippen LogP contribution in [0.25, 0.3) is 0 Å². The summed E-state index contributed by atoms with van der Waals surface area (Å²) in [5.74, 6) is -3.57. The van der Waals surface area contributed by atoms with E-state index in [4.69, 9.17) is 6.94 Å². The molecule has 0 spiro atoms. The molecule has 2 aliphatic rings. The molecule has 1 unspecified atom stereocenters. The van der Waals surface area contributed by atoms with Crippen LogP contribution in [-0.2, 0) is 0 Å². The van der Waals surface area contributed by atoms with E-state index in [1.807, 2.05) is 0 Å². The number of hydrazine groups is 1. The van der Waals surface area contributed by atoms with Crippen molar-refractivity contribution in [3.8, 4) is 0 Å². The molecule has 76 valence electrons. The van der Waals surface area contributed by atoms with Gasteiger partial charge in [-0.25, -0.2) is 5.42 Å². The second-order valence-electron chi connectivity index (χ2n) is 2.65. The Morgan fingerprint density at radius 2 is 2.64 bits per heavy atom. The first kappa shape index (κ1) is 5.22. The summed E-state index contributed by atoms with van der Waals surface area (Å²) in [6.07, 6.45) is -0.867. The number of rotatable bonds is 1.